The van der Waals surface area contributed by atoms with Crippen molar-refractivity contribution in [1.82, 2.24) is 20.2 Å². The van der Waals surface area contributed by atoms with Crippen molar-refractivity contribution < 1.29 is 10.0 Å². The van der Waals surface area contributed by atoms with Gasteiger partial charge >= 0.3 is 0 Å². The molecule has 0 saturated carbocycles. The molecule has 18 heavy (non-hydrogen) atoms. The highest BCUT2D eigenvalue weighted by Gasteiger charge is 2.14. The van der Waals surface area contributed by atoms with Gasteiger partial charge in [-0.25, -0.2) is 4.68 Å². The second-order valence-corrected chi connectivity index (χ2v) is 3.78. The summed E-state index contributed by atoms with van der Waals surface area (Å²) in [7, 11) is 0. The zero-order valence-electron chi connectivity index (χ0n) is 9.59. The van der Waals surface area contributed by atoms with Crippen molar-refractivity contribution in [1.29, 1.82) is 0 Å². The van der Waals surface area contributed by atoms with Crippen molar-refractivity contribution in [2.75, 3.05) is 0 Å². The van der Waals surface area contributed by atoms with Crippen molar-refractivity contribution in [3.63, 3.8) is 0 Å². The molecule has 1 heterocycles. The van der Waals surface area contributed by atoms with E-state index in [1.54, 1.807) is 13.0 Å². The highest BCUT2D eigenvalue weighted by Crippen LogP contribution is 2.20. The zero-order chi connectivity index (χ0) is 13.1. The molecule has 94 valence electrons. The van der Waals surface area contributed by atoms with Crippen LogP contribution >= 0.6 is 0 Å². The average molecular weight is 249 g/mol. The van der Waals surface area contributed by atoms with Gasteiger partial charge in [0.1, 0.15) is 5.82 Å². The van der Waals surface area contributed by atoms with Crippen molar-refractivity contribution >= 4 is 5.69 Å². The van der Waals surface area contributed by atoms with Crippen molar-refractivity contribution in [2.45, 2.75) is 19.6 Å². The fourth-order valence-corrected chi connectivity index (χ4v) is 1.53. The standard InChI is InChI=1S/C10H11N5O3/c1-7-11-12-13-14(7)6-10(16)8-3-2-4-9(5-8)15(17)18/h2-5,10,16H,6H2,1H3/t10-/m0/s1. The van der Waals surface area contributed by atoms with Crippen LogP contribution in [-0.4, -0.2) is 30.2 Å². The van der Waals surface area contributed by atoms with Crippen molar-refractivity contribution in [3.05, 3.63) is 45.8 Å². The topological polar surface area (TPSA) is 107 Å². The average Bonchev–Trinajstić information content (AvgIpc) is 2.75. The van der Waals surface area contributed by atoms with Gasteiger partial charge in [0.25, 0.3) is 5.69 Å². The summed E-state index contributed by atoms with van der Waals surface area (Å²) < 4.78 is 1.43. The number of aromatic nitrogens is 4. The maximum absolute atomic E-state index is 10.6. The lowest BCUT2D eigenvalue weighted by atomic mass is 10.1. The Morgan fingerprint density at radius 1 is 1.56 bits per heavy atom. The fourth-order valence-electron chi connectivity index (χ4n) is 1.53. The first-order valence-electron chi connectivity index (χ1n) is 5.23. The first kappa shape index (κ1) is 12.1. The lowest BCUT2D eigenvalue weighted by Gasteiger charge is -2.10. The van der Waals surface area contributed by atoms with Gasteiger partial charge in [-0.15, -0.1) is 5.10 Å². The molecule has 8 heteroatoms. The smallest absolute Gasteiger partial charge is 0.269 e. The van der Waals surface area contributed by atoms with Gasteiger partial charge in [0.15, 0.2) is 0 Å². The molecule has 1 N–H and O–H groups in total. The van der Waals surface area contributed by atoms with E-state index in [-0.39, 0.29) is 12.2 Å². The molecule has 1 atom stereocenters. The summed E-state index contributed by atoms with van der Waals surface area (Å²) >= 11 is 0. The minimum Gasteiger partial charge on any atom is -0.386 e. The highest BCUT2D eigenvalue weighted by molar-refractivity contribution is 5.35. The lowest BCUT2D eigenvalue weighted by Crippen LogP contribution is -2.11. The molecule has 0 aliphatic carbocycles. The van der Waals surface area contributed by atoms with E-state index in [4.69, 9.17) is 0 Å². The quantitative estimate of drug-likeness (QED) is 0.628. The molecule has 0 unspecified atom stereocenters. The molecule has 8 nitrogen and oxygen atoms in total. The molecule has 0 radical (unpaired) electrons. The van der Waals surface area contributed by atoms with Crippen LogP contribution in [0.3, 0.4) is 0 Å². The monoisotopic (exact) mass is 249 g/mol. The Morgan fingerprint density at radius 3 is 2.94 bits per heavy atom. The minimum absolute atomic E-state index is 0.0556. The fraction of sp³-hybridized carbons (Fsp3) is 0.300. The number of benzene rings is 1. The Morgan fingerprint density at radius 2 is 2.33 bits per heavy atom. The van der Waals surface area contributed by atoms with E-state index >= 15 is 0 Å². The Labute approximate surface area is 102 Å². The van der Waals surface area contributed by atoms with Crippen molar-refractivity contribution in [3.8, 4) is 0 Å². The summed E-state index contributed by atoms with van der Waals surface area (Å²) in [6.45, 7) is 1.86. The number of nitrogens with zero attached hydrogens (tertiary/aromatic N) is 5. The normalized spacial score (nSPS) is 12.3. The molecule has 2 rings (SSSR count). The number of tetrazole rings is 1. The second-order valence-electron chi connectivity index (χ2n) is 3.78. The number of hydrogen-bond donors (Lipinski definition) is 1. The van der Waals surface area contributed by atoms with Gasteiger partial charge in [0, 0.05) is 12.1 Å². The van der Waals surface area contributed by atoms with E-state index in [2.05, 4.69) is 15.5 Å². The van der Waals surface area contributed by atoms with Crippen LogP contribution in [0.15, 0.2) is 24.3 Å². The predicted octanol–water partition coefficient (Wildman–Crippen LogP) is 0.623. The van der Waals surface area contributed by atoms with Crippen molar-refractivity contribution in [2.24, 2.45) is 0 Å². The van der Waals surface area contributed by atoms with Crippen LogP contribution in [0.4, 0.5) is 5.69 Å². The minimum atomic E-state index is -0.896. The lowest BCUT2D eigenvalue weighted by molar-refractivity contribution is -0.385. The van der Waals surface area contributed by atoms with E-state index in [9.17, 15) is 15.2 Å². The summed E-state index contributed by atoms with van der Waals surface area (Å²) in [5.74, 6) is 0.569. The second kappa shape index (κ2) is 4.88. The maximum atomic E-state index is 10.6. The van der Waals surface area contributed by atoms with Gasteiger partial charge in [-0.3, -0.25) is 10.1 Å². The Balaban J connectivity index is 2.18. The molecule has 1 aromatic carbocycles. The Hall–Kier alpha value is -2.35. The molecule has 2 aromatic rings. The largest absolute Gasteiger partial charge is 0.386 e. The van der Waals surface area contributed by atoms with E-state index in [1.165, 1.54) is 22.9 Å². The van der Waals surface area contributed by atoms with Gasteiger partial charge in [-0.1, -0.05) is 12.1 Å². The molecule has 0 fully saturated rings. The van der Waals surface area contributed by atoms with Crippen LogP contribution in [0.25, 0.3) is 0 Å². The first-order valence-corrected chi connectivity index (χ1v) is 5.23. The van der Waals surface area contributed by atoms with Gasteiger partial charge in [0.05, 0.1) is 17.6 Å². The number of non-ortho nitro benzene ring substituents is 1. The molecular weight excluding hydrogens is 238 g/mol. The summed E-state index contributed by atoms with van der Waals surface area (Å²) in [4.78, 5) is 10.1. The molecule has 0 aliphatic rings. The molecule has 0 saturated heterocycles. The van der Waals surface area contributed by atoms with Gasteiger partial charge in [-0.05, 0) is 22.9 Å². The maximum Gasteiger partial charge on any atom is 0.269 e. The number of hydrogen-bond acceptors (Lipinski definition) is 6. The van der Waals surface area contributed by atoms with Crippen LogP contribution in [-0.2, 0) is 6.54 Å². The molecule has 0 bridgehead atoms. The van der Waals surface area contributed by atoms with Crippen LogP contribution in [0.1, 0.15) is 17.5 Å². The Bertz CT molecular complexity index is 568. The molecule has 0 aliphatic heterocycles. The number of nitro benzene ring substituents is 1. The third kappa shape index (κ3) is 2.48. The number of aliphatic hydroxyl groups excluding tert-OH is 1. The van der Waals surface area contributed by atoms with Crippen LogP contribution in [0, 0.1) is 17.0 Å². The molecule has 1 aromatic heterocycles. The van der Waals surface area contributed by atoms with Crippen LogP contribution in [0.5, 0.6) is 0 Å². The zero-order valence-corrected chi connectivity index (χ0v) is 9.59. The summed E-state index contributed by atoms with van der Waals surface area (Å²) in [5.41, 5.74) is 0.402. The summed E-state index contributed by atoms with van der Waals surface area (Å²) in [5, 5.41) is 31.5. The number of nitro groups is 1. The molecule has 0 amide bonds. The third-order valence-corrected chi connectivity index (χ3v) is 2.52. The Kier molecular flexibility index (Phi) is 3.28. The van der Waals surface area contributed by atoms with Crippen LogP contribution < -0.4 is 0 Å². The summed E-state index contributed by atoms with van der Waals surface area (Å²) in [6, 6.07) is 5.86. The van der Waals surface area contributed by atoms with Gasteiger partial charge < -0.3 is 5.11 Å². The van der Waals surface area contributed by atoms with Gasteiger partial charge in [-0.2, -0.15) is 0 Å². The highest BCUT2D eigenvalue weighted by atomic mass is 16.6. The number of aliphatic hydroxyl groups is 1. The predicted molar refractivity (Wildman–Crippen MR) is 60.6 cm³/mol. The number of rotatable bonds is 4. The first-order chi connectivity index (χ1) is 8.58. The molecular formula is C10H11N5O3. The molecule has 0 spiro atoms. The van der Waals surface area contributed by atoms with Crippen LogP contribution in [0.2, 0.25) is 0 Å². The van der Waals surface area contributed by atoms with E-state index in [0.29, 0.717) is 11.4 Å². The summed E-state index contributed by atoms with van der Waals surface area (Å²) in [6.07, 6.45) is -0.896. The van der Waals surface area contributed by atoms with Gasteiger partial charge in [0.2, 0.25) is 0 Å². The van der Waals surface area contributed by atoms with E-state index in [0.717, 1.165) is 0 Å². The SMILES string of the molecule is Cc1nnnn1C[C@H](O)c1cccc([N+](=O)[O-])c1. The third-order valence-electron chi connectivity index (χ3n) is 2.52. The van der Waals surface area contributed by atoms with E-state index in [1.807, 2.05) is 0 Å². The number of aryl methyl sites for hydroxylation is 1. The van der Waals surface area contributed by atoms with E-state index < -0.39 is 11.0 Å².